The maximum Gasteiger partial charge on any atom is 0.573 e. The van der Waals surface area contributed by atoms with E-state index in [4.69, 9.17) is 0 Å². The quantitative estimate of drug-likeness (QED) is 0.444. The molecule has 13 heteroatoms. The largest absolute Gasteiger partial charge is 0.573 e. The van der Waals surface area contributed by atoms with Crippen LogP contribution in [0.1, 0.15) is 18.3 Å². The number of benzene rings is 2. The molecule has 2 aromatic heterocycles. The van der Waals surface area contributed by atoms with Crippen molar-refractivity contribution in [1.29, 1.82) is 0 Å². The maximum absolute atomic E-state index is 13.3. The van der Waals surface area contributed by atoms with E-state index in [2.05, 4.69) is 20.3 Å². The molecule has 0 bridgehead atoms. The summed E-state index contributed by atoms with van der Waals surface area (Å²) in [5, 5.41) is 11.2. The smallest absolute Gasteiger partial charge is 0.406 e. The van der Waals surface area contributed by atoms with Gasteiger partial charge in [-0.3, -0.25) is 23.5 Å². The number of urea groups is 1. The number of rotatable bonds is 4. The van der Waals surface area contributed by atoms with Crippen LogP contribution in [0.15, 0.2) is 53.3 Å². The molecule has 1 unspecified atom stereocenters. The number of aromatic nitrogens is 4. The standard InChI is InChI=1S/C22H17F3N6O4/c1-21(12-7-9-13(10-8-12)35-22(23,24)25)18(33)30(20(34)26-21)11-16-27-28-19-29(2)17(32)14-5-3-4-6-15(14)31(16)19/h3-10H,11H2,1-2H3,(H,26,34). The van der Waals surface area contributed by atoms with Crippen LogP contribution in [-0.2, 0) is 23.9 Å². The third-order valence-corrected chi connectivity index (χ3v) is 5.93. The van der Waals surface area contributed by atoms with E-state index < -0.39 is 29.6 Å². The van der Waals surface area contributed by atoms with Crippen molar-refractivity contribution in [2.75, 3.05) is 0 Å². The van der Waals surface area contributed by atoms with E-state index in [1.54, 1.807) is 35.7 Å². The van der Waals surface area contributed by atoms with Gasteiger partial charge in [0.15, 0.2) is 5.82 Å². The molecule has 1 N–H and O–H groups in total. The third kappa shape index (κ3) is 3.55. The summed E-state index contributed by atoms with van der Waals surface area (Å²) in [6.45, 7) is 1.20. The summed E-state index contributed by atoms with van der Waals surface area (Å²) >= 11 is 0. The highest BCUT2D eigenvalue weighted by Crippen LogP contribution is 2.32. The predicted octanol–water partition coefficient (Wildman–Crippen LogP) is 2.45. The van der Waals surface area contributed by atoms with E-state index in [-0.39, 0.29) is 29.3 Å². The molecule has 1 aliphatic heterocycles. The third-order valence-electron chi connectivity index (χ3n) is 5.93. The number of fused-ring (bicyclic) bond motifs is 3. The average Bonchev–Trinajstić information content (AvgIpc) is 3.32. The first-order valence-corrected chi connectivity index (χ1v) is 10.3. The zero-order valence-corrected chi connectivity index (χ0v) is 18.3. The molecule has 5 rings (SSSR count). The molecular weight excluding hydrogens is 469 g/mol. The summed E-state index contributed by atoms with van der Waals surface area (Å²) in [7, 11) is 1.54. The van der Waals surface area contributed by atoms with Crippen LogP contribution >= 0.6 is 0 Å². The van der Waals surface area contributed by atoms with Crippen molar-refractivity contribution in [3.8, 4) is 5.75 Å². The van der Waals surface area contributed by atoms with E-state index in [0.29, 0.717) is 10.9 Å². The second-order valence-electron chi connectivity index (χ2n) is 8.15. The van der Waals surface area contributed by atoms with Gasteiger partial charge in [-0.15, -0.1) is 23.4 Å². The van der Waals surface area contributed by atoms with Crippen LogP contribution in [0.3, 0.4) is 0 Å². The van der Waals surface area contributed by atoms with Crippen molar-refractivity contribution in [2.24, 2.45) is 7.05 Å². The number of nitrogens with one attached hydrogen (secondary N) is 1. The number of imide groups is 1. The molecule has 0 aliphatic carbocycles. The lowest BCUT2D eigenvalue weighted by atomic mass is 9.92. The Hall–Kier alpha value is -4.42. The van der Waals surface area contributed by atoms with Crippen LogP contribution in [0.2, 0.25) is 0 Å². The van der Waals surface area contributed by atoms with Gasteiger partial charge in [-0.1, -0.05) is 24.3 Å². The molecule has 3 amide bonds. The summed E-state index contributed by atoms with van der Waals surface area (Å²) in [6.07, 6.45) is -4.85. The van der Waals surface area contributed by atoms with Gasteiger partial charge in [-0.25, -0.2) is 4.79 Å². The average molecular weight is 486 g/mol. The zero-order chi connectivity index (χ0) is 25.1. The van der Waals surface area contributed by atoms with Crippen LogP contribution in [0.4, 0.5) is 18.0 Å². The molecule has 1 atom stereocenters. The number of para-hydroxylation sites is 1. The van der Waals surface area contributed by atoms with Gasteiger partial charge in [-0.05, 0) is 36.8 Å². The van der Waals surface area contributed by atoms with Crippen LogP contribution in [0.25, 0.3) is 16.7 Å². The molecule has 180 valence electrons. The minimum absolute atomic E-state index is 0.235. The zero-order valence-electron chi connectivity index (χ0n) is 18.3. The Bertz CT molecular complexity index is 1560. The van der Waals surface area contributed by atoms with Crippen LogP contribution in [0.5, 0.6) is 5.75 Å². The Balaban J connectivity index is 1.49. The molecule has 0 saturated carbocycles. The SMILES string of the molecule is Cn1c(=O)c2ccccc2n2c(CN3C(=O)NC(C)(c4ccc(OC(F)(F)F)cc4)C3=O)nnc12. The number of nitrogens with zero attached hydrogens (tertiary/aromatic N) is 5. The van der Waals surface area contributed by atoms with E-state index in [1.807, 2.05) is 0 Å². The highest BCUT2D eigenvalue weighted by atomic mass is 19.4. The van der Waals surface area contributed by atoms with Crippen molar-refractivity contribution >= 4 is 28.6 Å². The molecule has 3 heterocycles. The van der Waals surface area contributed by atoms with Gasteiger partial charge >= 0.3 is 12.4 Å². The highest BCUT2D eigenvalue weighted by Gasteiger charge is 2.49. The lowest BCUT2D eigenvalue weighted by Gasteiger charge is -2.22. The van der Waals surface area contributed by atoms with Gasteiger partial charge in [0.2, 0.25) is 5.78 Å². The summed E-state index contributed by atoms with van der Waals surface area (Å²) in [4.78, 5) is 39.7. The van der Waals surface area contributed by atoms with Gasteiger partial charge < -0.3 is 10.1 Å². The molecule has 4 aromatic rings. The number of amides is 3. The molecule has 0 spiro atoms. The minimum atomic E-state index is -4.85. The minimum Gasteiger partial charge on any atom is -0.406 e. The van der Waals surface area contributed by atoms with Gasteiger partial charge in [0.05, 0.1) is 17.4 Å². The van der Waals surface area contributed by atoms with Crippen LogP contribution in [-0.4, -0.2) is 42.4 Å². The number of carbonyl (C=O) groups excluding carboxylic acids is 2. The molecule has 1 fully saturated rings. The van der Waals surface area contributed by atoms with Gasteiger partial charge in [-0.2, -0.15) is 0 Å². The number of hydrogen-bond acceptors (Lipinski definition) is 6. The van der Waals surface area contributed by atoms with E-state index in [1.165, 1.54) is 23.6 Å². The first kappa shape index (κ1) is 22.4. The van der Waals surface area contributed by atoms with Gasteiger partial charge in [0, 0.05) is 7.05 Å². The topological polar surface area (TPSA) is 111 Å². The summed E-state index contributed by atoms with van der Waals surface area (Å²) < 4.78 is 44.1. The Labute approximate surface area is 194 Å². The Morgan fingerprint density at radius 1 is 1.03 bits per heavy atom. The molecule has 10 nitrogen and oxygen atoms in total. The summed E-state index contributed by atoms with van der Waals surface area (Å²) in [5.74, 6) is -0.601. The molecule has 1 saturated heterocycles. The molecule has 35 heavy (non-hydrogen) atoms. The number of halogens is 3. The highest BCUT2D eigenvalue weighted by molar-refractivity contribution is 6.07. The van der Waals surface area contributed by atoms with Crippen LogP contribution < -0.4 is 15.6 Å². The van der Waals surface area contributed by atoms with Crippen molar-refractivity contribution in [3.05, 3.63) is 70.3 Å². The molecule has 0 radical (unpaired) electrons. The number of carbonyl (C=O) groups is 2. The number of ether oxygens (including phenoxy) is 1. The first-order chi connectivity index (χ1) is 16.5. The normalized spacial score (nSPS) is 18.5. The van der Waals surface area contributed by atoms with Crippen molar-refractivity contribution in [3.63, 3.8) is 0 Å². The second kappa shape index (κ2) is 7.55. The lowest BCUT2D eigenvalue weighted by molar-refractivity contribution is -0.274. The fourth-order valence-corrected chi connectivity index (χ4v) is 4.16. The predicted molar refractivity (Wildman–Crippen MR) is 115 cm³/mol. The monoisotopic (exact) mass is 486 g/mol. The molecule has 1 aliphatic rings. The Morgan fingerprint density at radius 2 is 1.71 bits per heavy atom. The van der Waals surface area contributed by atoms with Gasteiger partial charge in [0.1, 0.15) is 11.3 Å². The molecular formula is C22H17F3N6O4. The lowest BCUT2D eigenvalue weighted by Crippen LogP contribution is -2.40. The van der Waals surface area contributed by atoms with E-state index in [9.17, 15) is 27.6 Å². The summed E-state index contributed by atoms with van der Waals surface area (Å²) in [5.41, 5.74) is -1.01. The second-order valence-corrected chi connectivity index (χ2v) is 8.15. The van der Waals surface area contributed by atoms with Crippen molar-refractivity contribution in [2.45, 2.75) is 25.4 Å². The fraction of sp³-hybridized carbons (Fsp3) is 0.227. The number of alkyl halides is 3. The summed E-state index contributed by atoms with van der Waals surface area (Å²) in [6, 6.07) is 10.8. The maximum atomic E-state index is 13.3. The Morgan fingerprint density at radius 3 is 2.40 bits per heavy atom. The first-order valence-electron chi connectivity index (χ1n) is 10.3. The van der Waals surface area contributed by atoms with E-state index >= 15 is 0 Å². The van der Waals surface area contributed by atoms with Gasteiger partial charge in [0.25, 0.3) is 11.5 Å². The number of hydrogen-bond donors (Lipinski definition) is 1. The van der Waals surface area contributed by atoms with E-state index in [0.717, 1.165) is 17.0 Å². The van der Waals surface area contributed by atoms with Crippen LogP contribution in [0, 0.1) is 0 Å². The number of aryl methyl sites for hydroxylation is 1. The van der Waals surface area contributed by atoms with Crippen molar-refractivity contribution in [1.82, 2.24) is 29.4 Å². The van der Waals surface area contributed by atoms with Crippen molar-refractivity contribution < 1.29 is 27.5 Å². The Kier molecular flexibility index (Phi) is 4.83. The fourth-order valence-electron chi connectivity index (χ4n) is 4.16. The molecule has 2 aromatic carbocycles.